The van der Waals surface area contributed by atoms with Crippen LogP contribution in [0.1, 0.15) is 30.9 Å². The topological polar surface area (TPSA) is 58.5 Å². The van der Waals surface area contributed by atoms with Crippen molar-refractivity contribution in [2.24, 2.45) is 5.10 Å². The second kappa shape index (κ2) is 6.84. The lowest BCUT2D eigenvalue weighted by Gasteiger charge is -2.30. The fourth-order valence-electron chi connectivity index (χ4n) is 2.88. The summed E-state index contributed by atoms with van der Waals surface area (Å²) in [5.41, 5.74) is 2.96. The van der Waals surface area contributed by atoms with Crippen LogP contribution in [0.3, 0.4) is 0 Å². The third-order valence-corrected chi connectivity index (χ3v) is 5.84. The van der Waals surface area contributed by atoms with E-state index in [1.807, 2.05) is 31.2 Å². The fourth-order valence-corrected chi connectivity index (χ4v) is 3.71. The number of hydrogen-bond acceptors (Lipinski definition) is 3. The summed E-state index contributed by atoms with van der Waals surface area (Å²) in [6, 6.07) is 17.0. The van der Waals surface area contributed by atoms with Crippen LogP contribution >= 0.6 is 0 Å². The molecule has 0 heterocycles. The molecule has 0 spiro atoms. The molecule has 0 amide bonds. The molecule has 0 aromatic heterocycles. The van der Waals surface area contributed by atoms with E-state index in [1.165, 1.54) is 5.56 Å². The highest BCUT2D eigenvalue weighted by molar-refractivity contribution is 7.89. The van der Waals surface area contributed by atoms with Gasteiger partial charge < -0.3 is 0 Å². The molecule has 2 aromatic rings. The molecule has 2 aromatic carbocycles. The van der Waals surface area contributed by atoms with Gasteiger partial charge in [-0.05, 0) is 43.5 Å². The molecule has 0 aliphatic heterocycles. The summed E-state index contributed by atoms with van der Waals surface area (Å²) in [6.45, 7) is 4.10. The van der Waals surface area contributed by atoms with Gasteiger partial charge in [0.15, 0.2) is 0 Å². The van der Waals surface area contributed by atoms with Gasteiger partial charge in [0.2, 0.25) is 0 Å². The van der Waals surface area contributed by atoms with Crippen molar-refractivity contribution in [3.63, 3.8) is 0 Å². The number of nitrogens with zero attached hydrogens (tertiary/aromatic N) is 1. The Kier molecular flexibility index (Phi) is 4.77. The number of benzene rings is 2. The van der Waals surface area contributed by atoms with Crippen LogP contribution in [-0.4, -0.2) is 14.1 Å². The van der Waals surface area contributed by atoms with Crippen molar-refractivity contribution in [2.45, 2.75) is 37.0 Å². The maximum Gasteiger partial charge on any atom is 0.276 e. The van der Waals surface area contributed by atoms with Gasteiger partial charge in [0.1, 0.15) is 0 Å². The molecule has 5 heteroatoms. The maximum absolute atomic E-state index is 12.3. The average molecular weight is 354 g/mol. The Balaban J connectivity index is 1.74. The zero-order chi connectivity index (χ0) is 17.9. The summed E-state index contributed by atoms with van der Waals surface area (Å²) in [5, 5.41) is 4.10. The standard InChI is InChI=1S/C20H22N2O2S/c1-16-8-10-19(11-9-16)25(23,24)22-21-18-12-14-20(2,15-13-18)17-6-4-3-5-7-17/h3-12,14,22H,13,15H2,1-2H3/b21-18+. The third kappa shape index (κ3) is 3.99. The van der Waals surface area contributed by atoms with E-state index in [2.05, 4.69) is 35.1 Å². The summed E-state index contributed by atoms with van der Waals surface area (Å²) in [7, 11) is -3.63. The lowest BCUT2D eigenvalue weighted by atomic mass is 9.75. The lowest BCUT2D eigenvalue weighted by molar-refractivity contribution is 0.544. The largest absolute Gasteiger partial charge is 0.276 e. The zero-order valence-corrected chi connectivity index (χ0v) is 15.3. The highest BCUT2D eigenvalue weighted by atomic mass is 32.2. The Morgan fingerprint density at radius 2 is 1.72 bits per heavy atom. The van der Waals surface area contributed by atoms with Crippen LogP contribution in [0, 0.1) is 6.92 Å². The number of aryl methyl sites for hydroxylation is 1. The van der Waals surface area contributed by atoms with Crippen LogP contribution in [0.5, 0.6) is 0 Å². The van der Waals surface area contributed by atoms with E-state index in [4.69, 9.17) is 0 Å². The molecule has 0 radical (unpaired) electrons. The summed E-state index contributed by atoms with van der Waals surface area (Å²) < 4.78 is 24.6. The van der Waals surface area contributed by atoms with Crippen molar-refractivity contribution in [1.82, 2.24) is 4.83 Å². The number of hydrazone groups is 1. The first kappa shape index (κ1) is 17.4. The van der Waals surface area contributed by atoms with Gasteiger partial charge in [-0.1, -0.05) is 61.0 Å². The number of hydrogen-bond donors (Lipinski definition) is 1. The van der Waals surface area contributed by atoms with Crippen molar-refractivity contribution in [3.8, 4) is 0 Å². The Hall–Kier alpha value is -2.40. The van der Waals surface area contributed by atoms with E-state index in [-0.39, 0.29) is 10.3 Å². The monoisotopic (exact) mass is 354 g/mol. The Bertz CT molecular complexity index is 900. The average Bonchev–Trinajstić information content (AvgIpc) is 2.62. The fraction of sp³-hybridized carbons (Fsp3) is 0.250. The molecule has 0 bridgehead atoms. The first-order chi connectivity index (χ1) is 11.9. The van der Waals surface area contributed by atoms with Crippen molar-refractivity contribution >= 4 is 15.7 Å². The third-order valence-electron chi connectivity index (χ3n) is 4.62. The normalized spacial score (nSPS) is 22.1. The molecular formula is C20H22N2O2S. The van der Waals surface area contributed by atoms with Crippen LogP contribution in [-0.2, 0) is 15.4 Å². The van der Waals surface area contributed by atoms with Crippen LogP contribution in [0.25, 0.3) is 0 Å². The van der Waals surface area contributed by atoms with Gasteiger partial charge in [0.05, 0.1) is 10.6 Å². The van der Waals surface area contributed by atoms with Crippen molar-refractivity contribution in [2.75, 3.05) is 0 Å². The van der Waals surface area contributed by atoms with Crippen LogP contribution in [0.15, 0.2) is 76.7 Å². The predicted molar refractivity (Wildman–Crippen MR) is 101 cm³/mol. The molecule has 1 atom stereocenters. The minimum atomic E-state index is -3.63. The van der Waals surface area contributed by atoms with Gasteiger partial charge in [-0.3, -0.25) is 0 Å². The second-order valence-electron chi connectivity index (χ2n) is 6.63. The Morgan fingerprint density at radius 1 is 1.04 bits per heavy atom. The van der Waals surface area contributed by atoms with E-state index >= 15 is 0 Å². The second-order valence-corrected chi connectivity index (χ2v) is 8.29. The summed E-state index contributed by atoms with van der Waals surface area (Å²) in [6.07, 6.45) is 5.62. The number of nitrogens with one attached hydrogen (secondary N) is 1. The van der Waals surface area contributed by atoms with E-state index in [0.717, 1.165) is 24.1 Å². The molecule has 0 fully saturated rings. The van der Waals surface area contributed by atoms with E-state index in [1.54, 1.807) is 24.3 Å². The lowest BCUT2D eigenvalue weighted by Crippen LogP contribution is -2.26. The van der Waals surface area contributed by atoms with Gasteiger partial charge in [-0.2, -0.15) is 18.4 Å². The van der Waals surface area contributed by atoms with Crippen molar-refractivity contribution in [3.05, 3.63) is 77.9 Å². The summed E-state index contributed by atoms with van der Waals surface area (Å²) in [5.74, 6) is 0. The molecule has 1 N–H and O–H groups in total. The van der Waals surface area contributed by atoms with E-state index in [0.29, 0.717) is 0 Å². The smallest absolute Gasteiger partial charge is 0.200 e. The van der Waals surface area contributed by atoms with Gasteiger partial charge >= 0.3 is 0 Å². The minimum absolute atomic E-state index is 0.0455. The van der Waals surface area contributed by atoms with Gasteiger partial charge in [-0.15, -0.1) is 0 Å². The maximum atomic E-state index is 12.3. The van der Waals surface area contributed by atoms with Gasteiger partial charge in [-0.25, -0.2) is 0 Å². The van der Waals surface area contributed by atoms with E-state index < -0.39 is 10.0 Å². The molecule has 1 aliphatic rings. The first-order valence-corrected chi connectivity index (χ1v) is 9.77. The summed E-state index contributed by atoms with van der Waals surface area (Å²) in [4.78, 5) is 2.56. The molecular weight excluding hydrogens is 332 g/mol. The number of allylic oxidation sites excluding steroid dienone is 2. The molecule has 1 aliphatic carbocycles. The molecule has 0 saturated heterocycles. The quantitative estimate of drug-likeness (QED) is 0.846. The number of sulfonamides is 1. The highest BCUT2D eigenvalue weighted by Gasteiger charge is 2.26. The molecule has 130 valence electrons. The van der Waals surface area contributed by atoms with Crippen molar-refractivity contribution < 1.29 is 8.42 Å². The minimum Gasteiger partial charge on any atom is -0.200 e. The van der Waals surface area contributed by atoms with Crippen molar-refractivity contribution in [1.29, 1.82) is 0 Å². The van der Waals surface area contributed by atoms with Gasteiger partial charge in [0.25, 0.3) is 10.0 Å². The van der Waals surface area contributed by atoms with Gasteiger partial charge in [0, 0.05) is 5.41 Å². The van der Waals surface area contributed by atoms with E-state index in [9.17, 15) is 8.42 Å². The molecule has 25 heavy (non-hydrogen) atoms. The molecule has 1 unspecified atom stereocenters. The molecule has 4 nitrogen and oxygen atoms in total. The Labute approximate surface area is 149 Å². The first-order valence-electron chi connectivity index (χ1n) is 8.29. The predicted octanol–water partition coefficient (Wildman–Crippen LogP) is 3.94. The molecule has 0 saturated carbocycles. The van der Waals surface area contributed by atoms with Crippen LogP contribution in [0.4, 0.5) is 0 Å². The Morgan fingerprint density at radius 3 is 2.32 bits per heavy atom. The highest BCUT2D eigenvalue weighted by Crippen LogP contribution is 2.33. The molecule has 3 rings (SSSR count). The number of rotatable bonds is 4. The van der Waals surface area contributed by atoms with Crippen LogP contribution < -0.4 is 4.83 Å². The summed E-state index contributed by atoms with van der Waals surface area (Å²) >= 11 is 0. The van der Waals surface area contributed by atoms with Crippen LogP contribution in [0.2, 0.25) is 0 Å². The zero-order valence-electron chi connectivity index (χ0n) is 14.4. The SMILES string of the molecule is Cc1ccc(S(=O)(=O)N/N=C2\C=CC(C)(c3ccccc3)CC2)cc1.